The molecule has 0 aromatic heterocycles. The minimum absolute atomic E-state index is 0.0207. The van der Waals surface area contributed by atoms with Crippen LogP contribution in [0.3, 0.4) is 0 Å². The maximum absolute atomic E-state index is 12.0. The first kappa shape index (κ1) is 17.5. The molecule has 0 bridgehead atoms. The first-order valence-electron chi connectivity index (χ1n) is 8.09. The highest BCUT2D eigenvalue weighted by molar-refractivity contribution is 6.33. The van der Waals surface area contributed by atoms with Crippen LogP contribution >= 0.6 is 11.6 Å². The molecule has 130 valence electrons. The number of aliphatic imine (C=N–C) groups is 1. The number of hydrogen-bond acceptors (Lipinski definition) is 4. The molecule has 0 atom stereocenters. The van der Waals surface area contributed by atoms with Gasteiger partial charge in [0.25, 0.3) is 5.91 Å². The summed E-state index contributed by atoms with van der Waals surface area (Å²) in [5.41, 5.74) is 1.65. The number of rotatable bonds is 5. The average Bonchev–Trinajstić information content (AvgIpc) is 2.67. The lowest BCUT2D eigenvalue weighted by molar-refractivity contribution is -0.137. The summed E-state index contributed by atoms with van der Waals surface area (Å²) < 4.78 is 10.8. The molecule has 0 saturated carbocycles. The molecule has 6 heteroatoms. The van der Waals surface area contributed by atoms with Gasteiger partial charge in [0.1, 0.15) is 5.75 Å². The van der Waals surface area contributed by atoms with Crippen LogP contribution in [0.2, 0.25) is 5.02 Å². The zero-order chi connectivity index (χ0) is 17.5. The van der Waals surface area contributed by atoms with Gasteiger partial charge in [-0.3, -0.25) is 9.79 Å². The number of amides is 1. The molecule has 0 radical (unpaired) electrons. The average molecular weight is 359 g/mol. The number of nitrogens with zero attached hydrogens (tertiary/aromatic N) is 2. The number of ether oxygens (including phenoxy) is 2. The minimum atomic E-state index is -0.0207. The van der Waals surface area contributed by atoms with Crippen molar-refractivity contribution in [3.8, 4) is 5.75 Å². The second-order valence-electron chi connectivity index (χ2n) is 5.56. The van der Waals surface area contributed by atoms with Crippen molar-refractivity contribution in [1.82, 2.24) is 4.90 Å². The Morgan fingerprint density at radius 2 is 1.88 bits per heavy atom. The summed E-state index contributed by atoms with van der Waals surface area (Å²) in [6, 6.07) is 14.8. The molecule has 1 saturated heterocycles. The van der Waals surface area contributed by atoms with E-state index in [0.29, 0.717) is 37.1 Å². The molecule has 1 aliphatic heterocycles. The Morgan fingerprint density at radius 1 is 1.16 bits per heavy atom. The van der Waals surface area contributed by atoms with E-state index in [2.05, 4.69) is 4.99 Å². The van der Waals surface area contributed by atoms with Crippen LogP contribution in [0.25, 0.3) is 0 Å². The van der Waals surface area contributed by atoms with Crippen molar-refractivity contribution in [3.63, 3.8) is 0 Å². The van der Waals surface area contributed by atoms with Gasteiger partial charge in [-0.1, -0.05) is 23.7 Å². The summed E-state index contributed by atoms with van der Waals surface area (Å²) in [4.78, 5) is 18.2. The Hall–Kier alpha value is -2.37. The Bertz CT molecular complexity index is 741. The monoisotopic (exact) mass is 358 g/mol. The van der Waals surface area contributed by atoms with Gasteiger partial charge >= 0.3 is 0 Å². The second-order valence-corrected chi connectivity index (χ2v) is 5.97. The van der Waals surface area contributed by atoms with E-state index in [1.165, 1.54) is 0 Å². The van der Waals surface area contributed by atoms with Crippen molar-refractivity contribution in [2.24, 2.45) is 4.99 Å². The van der Waals surface area contributed by atoms with E-state index in [1.807, 2.05) is 42.5 Å². The molecule has 3 rings (SSSR count). The van der Waals surface area contributed by atoms with Crippen molar-refractivity contribution in [1.29, 1.82) is 0 Å². The van der Waals surface area contributed by atoms with Crippen molar-refractivity contribution in [2.45, 2.75) is 0 Å². The lowest BCUT2D eigenvalue weighted by Gasteiger charge is -2.26. The van der Waals surface area contributed by atoms with Crippen LogP contribution in [0.4, 0.5) is 5.69 Å². The van der Waals surface area contributed by atoms with E-state index in [1.54, 1.807) is 17.2 Å². The van der Waals surface area contributed by atoms with Crippen molar-refractivity contribution in [3.05, 3.63) is 59.1 Å². The molecular formula is C19H19ClN2O3. The third-order valence-electron chi connectivity index (χ3n) is 3.81. The van der Waals surface area contributed by atoms with Crippen molar-refractivity contribution >= 4 is 29.4 Å². The Morgan fingerprint density at radius 3 is 2.60 bits per heavy atom. The molecule has 1 heterocycles. The lowest BCUT2D eigenvalue weighted by Crippen LogP contribution is -2.42. The zero-order valence-electron chi connectivity index (χ0n) is 13.7. The largest absolute Gasteiger partial charge is 0.484 e. The predicted molar refractivity (Wildman–Crippen MR) is 98.0 cm³/mol. The molecule has 25 heavy (non-hydrogen) atoms. The molecular weight excluding hydrogens is 340 g/mol. The molecule has 1 fully saturated rings. The SMILES string of the molecule is O=C(COc1ccc(C=Nc2ccccc2Cl)cc1)N1CCOCC1. The number of para-hydroxylation sites is 1. The fourth-order valence-corrected chi connectivity index (χ4v) is 2.58. The minimum Gasteiger partial charge on any atom is -0.484 e. The molecule has 0 N–H and O–H groups in total. The Balaban J connectivity index is 1.53. The molecule has 2 aromatic rings. The van der Waals surface area contributed by atoms with Gasteiger partial charge in [-0.25, -0.2) is 0 Å². The number of carbonyl (C=O) groups excluding carboxylic acids is 1. The van der Waals surface area contributed by atoms with Crippen LogP contribution in [0, 0.1) is 0 Å². The maximum Gasteiger partial charge on any atom is 0.260 e. The van der Waals surface area contributed by atoms with Gasteiger partial charge in [0.2, 0.25) is 0 Å². The standard InChI is InChI=1S/C19H19ClN2O3/c20-17-3-1-2-4-18(17)21-13-15-5-7-16(8-6-15)25-14-19(23)22-9-11-24-12-10-22/h1-8,13H,9-12,14H2. The van der Waals surface area contributed by atoms with Gasteiger partial charge in [-0.05, 0) is 42.0 Å². The topological polar surface area (TPSA) is 51.1 Å². The molecule has 0 aliphatic carbocycles. The van der Waals surface area contributed by atoms with Crippen molar-refractivity contribution < 1.29 is 14.3 Å². The third kappa shape index (κ3) is 5.05. The number of halogens is 1. The van der Waals surface area contributed by atoms with E-state index in [-0.39, 0.29) is 12.5 Å². The Kier molecular flexibility index (Phi) is 6.04. The highest BCUT2D eigenvalue weighted by atomic mass is 35.5. The van der Waals surface area contributed by atoms with E-state index >= 15 is 0 Å². The molecule has 1 aliphatic rings. The van der Waals surface area contributed by atoms with Crippen LogP contribution < -0.4 is 4.74 Å². The third-order valence-corrected chi connectivity index (χ3v) is 4.13. The quantitative estimate of drug-likeness (QED) is 0.770. The zero-order valence-corrected chi connectivity index (χ0v) is 14.5. The van der Waals surface area contributed by atoms with E-state index < -0.39 is 0 Å². The predicted octanol–water partition coefficient (Wildman–Crippen LogP) is 3.33. The molecule has 0 spiro atoms. The van der Waals surface area contributed by atoms with Crippen LogP contribution in [0.5, 0.6) is 5.75 Å². The van der Waals surface area contributed by atoms with Gasteiger partial charge in [0, 0.05) is 19.3 Å². The van der Waals surface area contributed by atoms with E-state index in [0.717, 1.165) is 11.3 Å². The summed E-state index contributed by atoms with van der Waals surface area (Å²) in [7, 11) is 0. The van der Waals surface area contributed by atoms with Gasteiger partial charge < -0.3 is 14.4 Å². The van der Waals surface area contributed by atoms with Crippen LogP contribution in [-0.4, -0.2) is 49.9 Å². The van der Waals surface area contributed by atoms with Crippen LogP contribution in [-0.2, 0) is 9.53 Å². The highest BCUT2D eigenvalue weighted by Gasteiger charge is 2.16. The fourth-order valence-electron chi connectivity index (χ4n) is 2.40. The lowest BCUT2D eigenvalue weighted by atomic mass is 10.2. The van der Waals surface area contributed by atoms with Gasteiger partial charge in [0.05, 0.1) is 23.9 Å². The fraction of sp³-hybridized carbons (Fsp3) is 0.263. The summed E-state index contributed by atoms with van der Waals surface area (Å²) in [6.07, 6.45) is 1.74. The van der Waals surface area contributed by atoms with Crippen LogP contribution in [0.15, 0.2) is 53.5 Å². The summed E-state index contributed by atoms with van der Waals surface area (Å²) in [5.74, 6) is 0.629. The second kappa shape index (κ2) is 8.65. The van der Waals surface area contributed by atoms with Crippen LogP contribution in [0.1, 0.15) is 5.56 Å². The number of carbonyl (C=O) groups is 1. The summed E-state index contributed by atoms with van der Waals surface area (Å²) in [5, 5.41) is 0.611. The molecule has 5 nitrogen and oxygen atoms in total. The first-order valence-corrected chi connectivity index (χ1v) is 8.47. The van der Waals surface area contributed by atoms with Gasteiger partial charge in [-0.15, -0.1) is 0 Å². The molecule has 0 unspecified atom stereocenters. The Labute approximate surface area is 151 Å². The number of benzene rings is 2. The first-order chi connectivity index (χ1) is 12.2. The molecule has 2 aromatic carbocycles. The molecule has 1 amide bonds. The summed E-state index contributed by atoms with van der Waals surface area (Å²) in [6.45, 7) is 2.46. The van der Waals surface area contributed by atoms with E-state index in [4.69, 9.17) is 21.1 Å². The van der Waals surface area contributed by atoms with E-state index in [9.17, 15) is 4.79 Å². The smallest absolute Gasteiger partial charge is 0.260 e. The number of hydrogen-bond donors (Lipinski definition) is 0. The van der Waals surface area contributed by atoms with Crippen molar-refractivity contribution in [2.75, 3.05) is 32.9 Å². The summed E-state index contributed by atoms with van der Waals surface area (Å²) >= 11 is 6.07. The highest BCUT2D eigenvalue weighted by Crippen LogP contribution is 2.23. The van der Waals surface area contributed by atoms with Gasteiger partial charge in [-0.2, -0.15) is 0 Å². The maximum atomic E-state index is 12.0. The van der Waals surface area contributed by atoms with Gasteiger partial charge in [0.15, 0.2) is 6.61 Å². The normalized spacial score (nSPS) is 14.7. The number of morpholine rings is 1.